The zero-order valence-electron chi connectivity index (χ0n) is 20.6. The van der Waals surface area contributed by atoms with Crippen molar-refractivity contribution < 1.29 is 18.0 Å². The van der Waals surface area contributed by atoms with Crippen molar-refractivity contribution in [3.05, 3.63) is 63.6 Å². The van der Waals surface area contributed by atoms with E-state index in [0.29, 0.717) is 12.2 Å². The minimum Gasteiger partial charge on any atom is -0.354 e. The minimum atomic E-state index is -3.76. The van der Waals surface area contributed by atoms with Crippen LogP contribution in [0.3, 0.4) is 0 Å². The third kappa shape index (κ3) is 7.84. The Morgan fingerprint density at radius 3 is 2.32 bits per heavy atom. The Bertz CT molecular complexity index is 1130. The van der Waals surface area contributed by atoms with Crippen LogP contribution in [0.1, 0.15) is 37.5 Å². The lowest BCUT2D eigenvalue weighted by Crippen LogP contribution is -2.51. The molecule has 0 saturated heterocycles. The van der Waals surface area contributed by atoms with Crippen molar-refractivity contribution in [2.24, 2.45) is 5.92 Å². The monoisotopic (exact) mass is 551 g/mol. The van der Waals surface area contributed by atoms with Gasteiger partial charge in [-0.15, -0.1) is 0 Å². The predicted octanol–water partition coefficient (Wildman–Crippen LogP) is 4.02. The number of carbonyl (C=O) groups is 2. The van der Waals surface area contributed by atoms with Crippen LogP contribution < -0.4 is 9.62 Å². The van der Waals surface area contributed by atoms with Crippen LogP contribution in [0, 0.1) is 19.8 Å². The van der Waals surface area contributed by atoms with E-state index in [4.69, 9.17) is 0 Å². The average Bonchev–Trinajstić information content (AvgIpc) is 2.74. The molecule has 2 aromatic rings. The van der Waals surface area contributed by atoms with E-state index in [9.17, 15) is 18.0 Å². The highest BCUT2D eigenvalue weighted by Gasteiger charge is 2.30. The standard InChI is InChI=1S/C25H34BrN3O4S/c1-17(2)14-27-25(31)20(5)28(15-21-8-7-9-22(26)13-21)24(30)16-29(34(6,32)33)23-12-18(3)10-11-19(23)4/h7-13,17,20H,14-16H2,1-6H3,(H,27,31). The van der Waals surface area contributed by atoms with Gasteiger partial charge >= 0.3 is 0 Å². The van der Waals surface area contributed by atoms with E-state index >= 15 is 0 Å². The quantitative estimate of drug-likeness (QED) is 0.483. The summed E-state index contributed by atoms with van der Waals surface area (Å²) in [7, 11) is -3.76. The molecule has 0 aromatic heterocycles. The zero-order valence-corrected chi connectivity index (χ0v) is 23.0. The summed E-state index contributed by atoms with van der Waals surface area (Å²) in [6, 6.07) is 12.1. The molecular formula is C25H34BrN3O4S. The Morgan fingerprint density at radius 2 is 1.74 bits per heavy atom. The fraction of sp³-hybridized carbons (Fsp3) is 0.440. The fourth-order valence-corrected chi connectivity index (χ4v) is 4.80. The second-order valence-electron chi connectivity index (χ2n) is 9.03. The molecule has 34 heavy (non-hydrogen) atoms. The molecule has 0 saturated carbocycles. The highest BCUT2D eigenvalue weighted by molar-refractivity contribution is 9.10. The molecule has 0 heterocycles. The van der Waals surface area contributed by atoms with Gasteiger partial charge in [-0.05, 0) is 61.6 Å². The lowest BCUT2D eigenvalue weighted by atomic mass is 10.1. The first-order valence-electron chi connectivity index (χ1n) is 11.2. The van der Waals surface area contributed by atoms with Crippen molar-refractivity contribution >= 4 is 43.5 Å². The van der Waals surface area contributed by atoms with Gasteiger partial charge < -0.3 is 10.2 Å². The Balaban J connectivity index is 2.41. The smallest absolute Gasteiger partial charge is 0.244 e. The normalized spacial score (nSPS) is 12.4. The van der Waals surface area contributed by atoms with Crippen LogP contribution in [0.5, 0.6) is 0 Å². The number of benzene rings is 2. The average molecular weight is 553 g/mol. The second-order valence-corrected chi connectivity index (χ2v) is 11.8. The fourth-order valence-electron chi connectivity index (χ4n) is 3.45. The van der Waals surface area contributed by atoms with E-state index in [0.717, 1.165) is 31.7 Å². The number of sulfonamides is 1. The predicted molar refractivity (Wildman–Crippen MR) is 140 cm³/mol. The SMILES string of the molecule is Cc1ccc(C)c(N(CC(=O)N(Cc2cccc(Br)c2)C(C)C(=O)NCC(C)C)S(C)(=O)=O)c1. The van der Waals surface area contributed by atoms with Crippen molar-refractivity contribution in [2.45, 2.75) is 47.2 Å². The summed E-state index contributed by atoms with van der Waals surface area (Å²) >= 11 is 3.44. The molecule has 1 atom stereocenters. The van der Waals surface area contributed by atoms with Crippen LogP contribution >= 0.6 is 15.9 Å². The number of anilines is 1. The van der Waals surface area contributed by atoms with Crippen LogP contribution in [-0.4, -0.2) is 50.5 Å². The number of hydrogen-bond acceptors (Lipinski definition) is 4. The van der Waals surface area contributed by atoms with Gasteiger partial charge in [0.1, 0.15) is 12.6 Å². The molecule has 9 heteroatoms. The molecule has 1 N–H and O–H groups in total. The molecular weight excluding hydrogens is 518 g/mol. The minimum absolute atomic E-state index is 0.166. The summed E-state index contributed by atoms with van der Waals surface area (Å²) in [4.78, 5) is 27.9. The molecule has 1 unspecified atom stereocenters. The van der Waals surface area contributed by atoms with E-state index in [1.165, 1.54) is 4.90 Å². The van der Waals surface area contributed by atoms with Crippen LogP contribution in [0.15, 0.2) is 46.9 Å². The van der Waals surface area contributed by atoms with Crippen LogP contribution in [-0.2, 0) is 26.2 Å². The first-order chi connectivity index (χ1) is 15.8. The number of halogens is 1. The number of hydrogen-bond donors (Lipinski definition) is 1. The van der Waals surface area contributed by atoms with E-state index in [-0.39, 0.29) is 18.4 Å². The lowest BCUT2D eigenvalue weighted by Gasteiger charge is -2.32. The largest absolute Gasteiger partial charge is 0.354 e. The van der Waals surface area contributed by atoms with Gasteiger partial charge in [-0.1, -0.05) is 54.0 Å². The lowest BCUT2D eigenvalue weighted by molar-refractivity contribution is -0.139. The Labute approximate surface area is 211 Å². The summed E-state index contributed by atoms with van der Waals surface area (Å²) in [5.41, 5.74) is 2.90. The number of nitrogens with one attached hydrogen (secondary N) is 1. The molecule has 2 amide bonds. The second kappa shape index (κ2) is 11.8. The molecule has 0 fully saturated rings. The van der Waals surface area contributed by atoms with Crippen molar-refractivity contribution in [3.8, 4) is 0 Å². The maximum atomic E-state index is 13.6. The molecule has 0 spiro atoms. The molecule has 2 aromatic carbocycles. The molecule has 0 bridgehead atoms. The Hall–Kier alpha value is -2.39. The maximum Gasteiger partial charge on any atom is 0.244 e. The highest BCUT2D eigenvalue weighted by atomic mass is 79.9. The van der Waals surface area contributed by atoms with Gasteiger partial charge in [0.15, 0.2) is 0 Å². The van der Waals surface area contributed by atoms with Crippen molar-refractivity contribution in [3.63, 3.8) is 0 Å². The molecule has 7 nitrogen and oxygen atoms in total. The number of carbonyl (C=O) groups excluding carboxylic acids is 2. The van der Waals surface area contributed by atoms with E-state index < -0.39 is 28.5 Å². The van der Waals surface area contributed by atoms with Crippen LogP contribution in [0.2, 0.25) is 0 Å². The number of rotatable bonds is 10. The molecule has 2 rings (SSSR count). The number of nitrogens with zero attached hydrogens (tertiary/aromatic N) is 2. The molecule has 0 aliphatic rings. The van der Waals surface area contributed by atoms with Crippen LogP contribution in [0.4, 0.5) is 5.69 Å². The molecule has 0 aliphatic heterocycles. The van der Waals surface area contributed by atoms with Crippen molar-refractivity contribution in [2.75, 3.05) is 23.7 Å². The van der Waals surface area contributed by atoms with Gasteiger partial charge in [0.25, 0.3) is 0 Å². The number of aryl methyl sites for hydroxylation is 2. The summed E-state index contributed by atoms with van der Waals surface area (Å²) < 4.78 is 27.4. The maximum absolute atomic E-state index is 13.6. The first-order valence-corrected chi connectivity index (χ1v) is 13.8. The summed E-state index contributed by atoms with van der Waals surface area (Å²) in [5, 5.41) is 2.87. The number of amides is 2. The van der Waals surface area contributed by atoms with Gasteiger partial charge in [0.2, 0.25) is 21.8 Å². The highest BCUT2D eigenvalue weighted by Crippen LogP contribution is 2.25. The summed E-state index contributed by atoms with van der Waals surface area (Å²) in [6.07, 6.45) is 1.08. The van der Waals surface area contributed by atoms with Gasteiger partial charge in [-0.3, -0.25) is 13.9 Å². The Kier molecular flexibility index (Phi) is 9.70. The Morgan fingerprint density at radius 1 is 1.06 bits per heavy atom. The molecule has 0 radical (unpaired) electrons. The van der Waals surface area contributed by atoms with E-state index in [1.807, 2.05) is 57.2 Å². The van der Waals surface area contributed by atoms with E-state index in [2.05, 4.69) is 21.2 Å². The third-order valence-electron chi connectivity index (χ3n) is 5.41. The summed E-state index contributed by atoms with van der Waals surface area (Å²) in [6.45, 7) is 9.56. The van der Waals surface area contributed by atoms with E-state index in [1.54, 1.807) is 19.9 Å². The van der Waals surface area contributed by atoms with Gasteiger partial charge in [0, 0.05) is 17.6 Å². The zero-order chi connectivity index (χ0) is 25.6. The van der Waals surface area contributed by atoms with Gasteiger partial charge in [0.05, 0.1) is 11.9 Å². The van der Waals surface area contributed by atoms with Crippen molar-refractivity contribution in [1.29, 1.82) is 0 Å². The third-order valence-corrected chi connectivity index (χ3v) is 7.03. The first kappa shape index (κ1) is 27.9. The van der Waals surface area contributed by atoms with Gasteiger partial charge in [-0.25, -0.2) is 8.42 Å². The molecule has 0 aliphatic carbocycles. The topological polar surface area (TPSA) is 86.8 Å². The molecule has 186 valence electrons. The van der Waals surface area contributed by atoms with Crippen molar-refractivity contribution in [1.82, 2.24) is 10.2 Å². The van der Waals surface area contributed by atoms with Crippen LogP contribution in [0.25, 0.3) is 0 Å². The summed E-state index contributed by atoms with van der Waals surface area (Å²) in [5.74, 6) is -0.483. The van der Waals surface area contributed by atoms with Gasteiger partial charge in [-0.2, -0.15) is 0 Å².